The second kappa shape index (κ2) is 7.55. The molecule has 1 N–H and O–H groups in total. The van der Waals surface area contributed by atoms with E-state index in [2.05, 4.69) is 5.32 Å². The van der Waals surface area contributed by atoms with Crippen LogP contribution >= 0.6 is 22.9 Å². The van der Waals surface area contributed by atoms with Crippen LogP contribution in [0, 0.1) is 0 Å². The van der Waals surface area contributed by atoms with Crippen LogP contribution in [0.4, 0.5) is 5.69 Å². The summed E-state index contributed by atoms with van der Waals surface area (Å²) in [7, 11) is 1.61. The Morgan fingerprint density at radius 3 is 2.68 bits per heavy atom. The lowest BCUT2D eigenvalue weighted by atomic mass is 10.3. The van der Waals surface area contributed by atoms with E-state index in [4.69, 9.17) is 11.6 Å². The summed E-state index contributed by atoms with van der Waals surface area (Å²) in [4.78, 5) is 26.9. The molecule has 0 saturated carbocycles. The number of aromatic nitrogens is 1. The first kappa shape index (κ1) is 17.3. The van der Waals surface area contributed by atoms with Crippen LogP contribution in [0.2, 0.25) is 5.02 Å². The first-order valence-electron chi connectivity index (χ1n) is 7.56. The van der Waals surface area contributed by atoms with E-state index in [0.29, 0.717) is 15.6 Å². The summed E-state index contributed by atoms with van der Waals surface area (Å²) in [6, 6.07) is 12.6. The van der Waals surface area contributed by atoms with Crippen LogP contribution in [0.5, 0.6) is 0 Å². The third-order valence-corrected chi connectivity index (χ3v) is 4.68. The number of carbonyl (C=O) groups excluding carboxylic acids is 2. The maximum atomic E-state index is 12.7. The van der Waals surface area contributed by atoms with Gasteiger partial charge in [0, 0.05) is 30.2 Å². The molecule has 2 aromatic heterocycles. The monoisotopic (exact) mass is 373 g/mol. The number of hydrogen-bond donors (Lipinski definition) is 1. The minimum absolute atomic E-state index is 0.0473. The molecule has 0 spiro atoms. The molecule has 0 aliphatic carbocycles. The molecule has 2 amide bonds. The number of benzene rings is 1. The number of anilines is 1. The van der Waals surface area contributed by atoms with E-state index >= 15 is 0 Å². The van der Waals surface area contributed by atoms with Crippen LogP contribution in [0.15, 0.2) is 60.2 Å². The highest BCUT2D eigenvalue weighted by Gasteiger charge is 2.20. The SMILES string of the molecule is CN(CC(=O)Nc1cccc(Cl)c1)C(=O)c1sccc1-n1cccc1. The number of hydrogen-bond acceptors (Lipinski definition) is 3. The van der Waals surface area contributed by atoms with Gasteiger partial charge in [0.1, 0.15) is 4.88 Å². The highest BCUT2D eigenvalue weighted by Crippen LogP contribution is 2.23. The van der Waals surface area contributed by atoms with Gasteiger partial charge in [-0.05, 0) is 41.8 Å². The molecule has 0 bridgehead atoms. The van der Waals surface area contributed by atoms with Crippen molar-refractivity contribution in [2.45, 2.75) is 0 Å². The molecule has 0 atom stereocenters. The van der Waals surface area contributed by atoms with E-state index in [-0.39, 0.29) is 18.4 Å². The zero-order valence-corrected chi connectivity index (χ0v) is 15.1. The predicted molar refractivity (Wildman–Crippen MR) is 101 cm³/mol. The number of halogens is 1. The molecule has 0 radical (unpaired) electrons. The smallest absolute Gasteiger partial charge is 0.266 e. The Morgan fingerprint density at radius 1 is 1.20 bits per heavy atom. The fraction of sp³-hybridized carbons (Fsp3) is 0.111. The standard InChI is InChI=1S/C18H16ClN3O2S/c1-21(12-16(23)20-14-6-4-5-13(19)11-14)18(24)17-15(7-10-25-17)22-8-2-3-9-22/h2-11H,12H2,1H3,(H,20,23). The first-order chi connectivity index (χ1) is 12.0. The lowest BCUT2D eigenvalue weighted by Gasteiger charge is -2.17. The largest absolute Gasteiger partial charge is 0.332 e. The van der Waals surface area contributed by atoms with Crippen molar-refractivity contribution in [3.63, 3.8) is 0 Å². The van der Waals surface area contributed by atoms with Gasteiger partial charge >= 0.3 is 0 Å². The minimum Gasteiger partial charge on any atom is -0.332 e. The highest BCUT2D eigenvalue weighted by molar-refractivity contribution is 7.12. The average molecular weight is 374 g/mol. The minimum atomic E-state index is -0.280. The van der Waals surface area contributed by atoms with Crippen molar-refractivity contribution in [3.8, 4) is 5.69 Å². The second-order valence-electron chi connectivity index (χ2n) is 5.45. The molecule has 2 heterocycles. The Kier molecular flexibility index (Phi) is 5.21. The number of amides is 2. The summed E-state index contributed by atoms with van der Waals surface area (Å²) >= 11 is 7.26. The van der Waals surface area contributed by atoms with Crippen molar-refractivity contribution in [1.29, 1.82) is 0 Å². The molecule has 1 aromatic carbocycles. The third kappa shape index (κ3) is 4.10. The molecular formula is C18H16ClN3O2S. The summed E-state index contributed by atoms with van der Waals surface area (Å²) < 4.78 is 1.88. The van der Waals surface area contributed by atoms with E-state index in [1.165, 1.54) is 16.2 Å². The van der Waals surface area contributed by atoms with Gasteiger partial charge < -0.3 is 14.8 Å². The molecule has 0 saturated heterocycles. The van der Waals surface area contributed by atoms with Crippen molar-refractivity contribution < 1.29 is 9.59 Å². The van der Waals surface area contributed by atoms with Crippen LogP contribution < -0.4 is 5.32 Å². The van der Waals surface area contributed by atoms with Crippen LogP contribution in [-0.4, -0.2) is 34.9 Å². The zero-order valence-electron chi connectivity index (χ0n) is 13.5. The van der Waals surface area contributed by atoms with Gasteiger partial charge in [0.25, 0.3) is 5.91 Å². The highest BCUT2D eigenvalue weighted by atomic mass is 35.5. The van der Waals surface area contributed by atoms with Crippen molar-refractivity contribution in [2.24, 2.45) is 0 Å². The van der Waals surface area contributed by atoms with E-state index in [1.54, 1.807) is 31.3 Å². The van der Waals surface area contributed by atoms with Gasteiger partial charge in [-0.25, -0.2) is 0 Å². The van der Waals surface area contributed by atoms with Gasteiger partial charge in [-0.15, -0.1) is 11.3 Å². The summed E-state index contributed by atoms with van der Waals surface area (Å²) in [5, 5.41) is 5.14. The lowest BCUT2D eigenvalue weighted by Crippen LogP contribution is -2.34. The second-order valence-corrected chi connectivity index (χ2v) is 6.80. The number of likely N-dealkylation sites (N-methyl/N-ethyl adjacent to an activating group) is 1. The first-order valence-corrected chi connectivity index (χ1v) is 8.82. The van der Waals surface area contributed by atoms with Gasteiger partial charge in [-0.3, -0.25) is 9.59 Å². The van der Waals surface area contributed by atoms with E-state index in [1.807, 2.05) is 40.5 Å². The molecule has 0 fully saturated rings. The number of thiophene rings is 1. The van der Waals surface area contributed by atoms with Gasteiger partial charge in [-0.1, -0.05) is 17.7 Å². The third-order valence-electron chi connectivity index (χ3n) is 3.56. The van der Waals surface area contributed by atoms with Gasteiger partial charge in [0.05, 0.1) is 12.2 Å². The number of rotatable bonds is 5. The molecule has 3 rings (SSSR count). The summed E-state index contributed by atoms with van der Waals surface area (Å²) in [5.41, 5.74) is 1.41. The molecule has 3 aromatic rings. The van der Waals surface area contributed by atoms with Crippen LogP contribution in [0.1, 0.15) is 9.67 Å². The van der Waals surface area contributed by atoms with Gasteiger partial charge in [0.2, 0.25) is 5.91 Å². The van der Waals surface area contributed by atoms with Crippen molar-refractivity contribution >= 4 is 40.4 Å². The quantitative estimate of drug-likeness (QED) is 0.737. The molecule has 5 nitrogen and oxygen atoms in total. The summed E-state index contributed by atoms with van der Waals surface area (Å²) in [6.07, 6.45) is 3.76. The topological polar surface area (TPSA) is 54.3 Å². The summed E-state index contributed by atoms with van der Waals surface area (Å²) in [5.74, 6) is -0.475. The van der Waals surface area contributed by atoms with E-state index < -0.39 is 0 Å². The molecular weight excluding hydrogens is 358 g/mol. The Bertz CT molecular complexity index is 889. The van der Waals surface area contributed by atoms with Crippen LogP contribution in [-0.2, 0) is 4.79 Å². The van der Waals surface area contributed by atoms with Crippen LogP contribution in [0.3, 0.4) is 0 Å². The van der Waals surface area contributed by atoms with Gasteiger partial charge in [0.15, 0.2) is 0 Å². The fourth-order valence-electron chi connectivity index (χ4n) is 2.39. The van der Waals surface area contributed by atoms with Gasteiger partial charge in [-0.2, -0.15) is 0 Å². The maximum Gasteiger partial charge on any atom is 0.266 e. The Morgan fingerprint density at radius 2 is 1.96 bits per heavy atom. The number of nitrogens with one attached hydrogen (secondary N) is 1. The maximum absolute atomic E-state index is 12.7. The molecule has 0 unspecified atom stereocenters. The van der Waals surface area contributed by atoms with Crippen molar-refractivity contribution in [2.75, 3.05) is 18.9 Å². The summed E-state index contributed by atoms with van der Waals surface area (Å²) in [6.45, 7) is -0.0473. The fourth-order valence-corrected chi connectivity index (χ4v) is 3.46. The Hall–Kier alpha value is -2.57. The average Bonchev–Trinajstić information content (AvgIpc) is 3.25. The molecule has 128 valence electrons. The lowest BCUT2D eigenvalue weighted by molar-refractivity contribution is -0.116. The molecule has 25 heavy (non-hydrogen) atoms. The van der Waals surface area contributed by atoms with E-state index in [9.17, 15) is 9.59 Å². The van der Waals surface area contributed by atoms with E-state index in [0.717, 1.165) is 5.69 Å². The van der Waals surface area contributed by atoms with Crippen molar-refractivity contribution in [3.05, 3.63) is 70.1 Å². The normalized spacial score (nSPS) is 10.5. The zero-order chi connectivity index (χ0) is 17.8. The number of nitrogens with zero attached hydrogens (tertiary/aromatic N) is 2. The van der Waals surface area contributed by atoms with Crippen LogP contribution in [0.25, 0.3) is 5.69 Å². The van der Waals surface area contributed by atoms with Crippen molar-refractivity contribution in [1.82, 2.24) is 9.47 Å². The molecule has 0 aliphatic rings. The number of carbonyl (C=O) groups is 2. The molecule has 7 heteroatoms. The Labute approximate surface area is 154 Å². The molecule has 0 aliphatic heterocycles. The predicted octanol–water partition coefficient (Wildman–Crippen LogP) is 3.90. The Balaban J connectivity index is 1.67.